The van der Waals surface area contributed by atoms with Crippen molar-refractivity contribution in [3.8, 4) is 0 Å². The van der Waals surface area contributed by atoms with E-state index in [0.717, 1.165) is 13.0 Å². The standard InChI is InChI=1S/C9H12N4O/c10-7-1-4-13(6-7)9(14)8-5-11-2-3-12-8/h2-3,5,7H,1,4,6,10H2/t7-/m1/s1. The molecule has 74 valence electrons. The summed E-state index contributed by atoms with van der Waals surface area (Å²) in [5.74, 6) is -0.0777. The fourth-order valence-electron chi connectivity index (χ4n) is 1.54. The van der Waals surface area contributed by atoms with Gasteiger partial charge in [-0.2, -0.15) is 0 Å². The molecule has 2 N–H and O–H groups in total. The molecule has 0 radical (unpaired) electrons. The number of rotatable bonds is 1. The predicted molar refractivity (Wildman–Crippen MR) is 50.5 cm³/mol. The third-order valence-corrected chi connectivity index (χ3v) is 2.29. The Morgan fingerprint density at radius 3 is 3.00 bits per heavy atom. The highest BCUT2D eigenvalue weighted by Gasteiger charge is 2.25. The number of nitrogens with zero attached hydrogens (tertiary/aromatic N) is 3. The molecule has 2 heterocycles. The lowest BCUT2D eigenvalue weighted by Crippen LogP contribution is -2.32. The number of likely N-dealkylation sites (tertiary alicyclic amines) is 1. The molecule has 0 unspecified atom stereocenters. The number of carbonyl (C=O) groups excluding carboxylic acids is 1. The fourth-order valence-corrected chi connectivity index (χ4v) is 1.54. The van der Waals surface area contributed by atoms with Crippen LogP contribution in [0.2, 0.25) is 0 Å². The number of nitrogens with two attached hydrogens (primary N) is 1. The Kier molecular flexibility index (Phi) is 2.41. The van der Waals surface area contributed by atoms with Gasteiger partial charge in [0.25, 0.3) is 5.91 Å². The van der Waals surface area contributed by atoms with E-state index in [0.29, 0.717) is 12.2 Å². The summed E-state index contributed by atoms with van der Waals surface area (Å²) >= 11 is 0. The molecule has 0 spiro atoms. The van der Waals surface area contributed by atoms with Crippen LogP contribution in [-0.2, 0) is 0 Å². The van der Waals surface area contributed by atoms with Crippen molar-refractivity contribution in [3.63, 3.8) is 0 Å². The molecule has 1 atom stereocenters. The highest BCUT2D eigenvalue weighted by molar-refractivity contribution is 5.92. The predicted octanol–water partition coefficient (Wildman–Crippen LogP) is -0.350. The van der Waals surface area contributed by atoms with Crippen LogP contribution >= 0.6 is 0 Å². The third-order valence-electron chi connectivity index (χ3n) is 2.29. The molecule has 1 fully saturated rings. The lowest BCUT2D eigenvalue weighted by molar-refractivity contribution is 0.0784. The van der Waals surface area contributed by atoms with Crippen LogP contribution in [-0.4, -0.2) is 39.9 Å². The summed E-state index contributed by atoms with van der Waals surface area (Å²) in [5.41, 5.74) is 6.10. The van der Waals surface area contributed by atoms with Gasteiger partial charge in [-0.1, -0.05) is 0 Å². The summed E-state index contributed by atoms with van der Waals surface area (Å²) in [5, 5.41) is 0. The van der Waals surface area contributed by atoms with Gasteiger partial charge in [0.15, 0.2) is 0 Å². The largest absolute Gasteiger partial charge is 0.336 e. The quantitative estimate of drug-likeness (QED) is 0.660. The van der Waals surface area contributed by atoms with Crippen molar-refractivity contribution in [2.75, 3.05) is 13.1 Å². The molecule has 5 nitrogen and oxygen atoms in total. The highest BCUT2D eigenvalue weighted by atomic mass is 16.2. The maximum absolute atomic E-state index is 11.8. The molecule has 1 amide bonds. The molecule has 5 heteroatoms. The van der Waals surface area contributed by atoms with Crippen LogP contribution in [0.5, 0.6) is 0 Å². The molecule has 1 aliphatic rings. The van der Waals surface area contributed by atoms with Gasteiger partial charge in [-0.25, -0.2) is 4.98 Å². The molecule has 1 aliphatic heterocycles. The molecule has 0 aliphatic carbocycles. The maximum atomic E-state index is 11.8. The number of hydrogen-bond acceptors (Lipinski definition) is 4. The first-order valence-electron chi connectivity index (χ1n) is 4.58. The van der Waals surface area contributed by atoms with Crippen LogP contribution in [0, 0.1) is 0 Å². The first kappa shape index (κ1) is 9.08. The van der Waals surface area contributed by atoms with E-state index in [1.165, 1.54) is 12.4 Å². The van der Waals surface area contributed by atoms with Crippen LogP contribution < -0.4 is 5.73 Å². The second-order valence-corrected chi connectivity index (χ2v) is 3.39. The summed E-state index contributed by atoms with van der Waals surface area (Å²) in [6.45, 7) is 1.34. The van der Waals surface area contributed by atoms with Crippen molar-refractivity contribution in [2.24, 2.45) is 5.73 Å². The second kappa shape index (κ2) is 3.71. The molecule has 2 rings (SSSR count). The van der Waals surface area contributed by atoms with Crippen molar-refractivity contribution in [1.29, 1.82) is 0 Å². The zero-order chi connectivity index (χ0) is 9.97. The Hall–Kier alpha value is -1.49. The van der Waals surface area contributed by atoms with Gasteiger partial charge in [0.2, 0.25) is 0 Å². The van der Waals surface area contributed by atoms with Gasteiger partial charge < -0.3 is 10.6 Å². The maximum Gasteiger partial charge on any atom is 0.274 e. The van der Waals surface area contributed by atoms with Gasteiger partial charge in [-0.15, -0.1) is 0 Å². The van der Waals surface area contributed by atoms with Crippen molar-refractivity contribution in [1.82, 2.24) is 14.9 Å². The summed E-state index contributed by atoms with van der Waals surface area (Å²) in [7, 11) is 0. The Labute approximate surface area is 82.0 Å². The minimum absolute atomic E-state index is 0.0777. The molecule has 0 bridgehead atoms. The van der Waals surface area contributed by atoms with E-state index in [2.05, 4.69) is 9.97 Å². The van der Waals surface area contributed by atoms with Crippen LogP contribution in [0.15, 0.2) is 18.6 Å². The Morgan fingerprint density at radius 2 is 2.43 bits per heavy atom. The Morgan fingerprint density at radius 1 is 1.57 bits per heavy atom. The van der Waals surface area contributed by atoms with Crippen LogP contribution in [0.3, 0.4) is 0 Å². The SMILES string of the molecule is N[C@@H]1CCN(C(=O)c2cnccn2)C1. The van der Waals surface area contributed by atoms with Gasteiger partial charge >= 0.3 is 0 Å². The lowest BCUT2D eigenvalue weighted by atomic mass is 10.3. The average Bonchev–Trinajstić information content (AvgIpc) is 2.65. The topological polar surface area (TPSA) is 72.1 Å². The second-order valence-electron chi connectivity index (χ2n) is 3.39. The molecule has 0 aromatic carbocycles. The molecular formula is C9H12N4O. The van der Waals surface area contributed by atoms with Crippen molar-refractivity contribution < 1.29 is 4.79 Å². The third kappa shape index (κ3) is 1.72. The van der Waals surface area contributed by atoms with Crippen molar-refractivity contribution in [3.05, 3.63) is 24.3 Å². The number of aromatic nitrogens is 2. The molecule has 14 heavy (non-hydrogen) atoms. The van der Waals surface area contributed by atoms with Gasteiger partial charge in [0.1, 0.15) is 5.69 Å². The zero-order valence-corrected chi connectivity index (χ0v) is 7.76. The van der Waals surface area contributed by atoms with Gasteiger partial charge in [-0.05, 0) is 6.42 Å². The van der Waals surface area contributed by atoms with Crippen molar-refractivity contribution >= 4 is 5.91 Å². The van der Waals surface area contributed by atoms with Crippen LogP contribution in [0.25, 0.3) is 0 Å². The van der Waals surface area contributed by atoms with E-state index in [1.54, 1.807) is 11.1 Å². The van der Waals surface area contributed by atoms with E-state index in [1.807, 2.05) is 0 Å². The molecule has 1 saturated heterocycles. The normalized spacial score (nSPS) is 21.2. The van der Waals surface area contributed by atoms with E-state index >= 15 is 0 Å². The van der Waals surface area contributed by atoms with Crippen LogP contribution in [0.1, 0.15) is 16.9 Å². The molecule has 1 aromatic heterocycles. The van der Waals surface area contributed by atoms with Gasteiger partial charge in [0, 0.05) is 31.5 Å². The lowest BCUT2D eigenvalue weighted by Gasteiger charge is -2.14. The molecule has 1 aromatic rings. The fraction of sp³-hybridized carbons (Fsp3) is 0.444. The van der Waals surface area contributed by atoms with Crippen molar-refractivity contribution in [2.45, 2.75) is 12.5 Å². The highest BCUT2D eigenvalue weighted by Crippen LogP contribution is 2.09. The smallest absolute Gasteiger partial charge is 0.274 e. The Bertz CT molecular complexity index is 327. The summed E-state index contributed by atoms with van der Waals surface area (Å²) in [6.07, 6.45) is 5.41. The first-order chi connectivity index (χ1) is 6.77. The van der Waals surface area contributed by atoms with E-state index in [9.17, 15) is 4.79 Å². The Balaban J connectivity index is 2.10. The van der Waals surface area contributed by atoms with E-state index in [4.69, 9.17) is 5.73 Å². The zero-order valence-electron chi connectivity index (χ0n) is 7.76. The first-order valence-corrected chi connectivity index (χ1v) is 4.58. The number of hydrogen-bond donors (Lipinski definition) is 1. The minimum Gasteiger partial charge on any atom is -0.336 e. The average molecular weight is 192 g/mol. The number of amides is 1. The summed E-state index contributed by atoms with van der Waals surface area (Å²) in [4.78, 5) is 21.3. The number of carbonyl (C=O) groups is 1. The van der Waals surface area contributed by atoms with Gasteiger partial charge in [0.05, 0.1) is 6.20 Å². The molecule has 0 saturated carbocycles. The molecular weight excluding hydrogens is 180 g/mol. The summed E-state index contributed by atoms with van der Waals surface area (Å²) in [6, 6.07) is 0.107. The van der Waals surface area contributed by atoms with E-state index < -0.39 is 0 Å². The van der Waals surface area contributed by atoms with E-state index in [-0.39, 0.29) is 11.9 Å². The van der Waals surface area contributed by atoms with Gasteiger partial charge in [-0.3, -0.25) is 9.78 Å². The monoisotopic (exact) mass is 192 g/mol. The van der Waals surface area contributed by atoms with Crippen LogP contribution in [0.4, 0.5) is 0 Å². The minimum atomic E-state index is -0.0777. The summed E-state index contributed by atoms with van der Waals surface area (Å²) < 4.78 is 0.